The van der Waals surface area contributed by atoms with Crippen LogP contribution in [0.1, 0.15) is 19.3 Å². The maximum absolute atomic E-state index is 12.0. The Hall–Kier alpha value is -0.780. The third kappa shape index (κ3) is 6.24. The molecule has 1 N–H and O–H groups in total. The van der Waals surface area contributed by atoms with Gasteiger partial charge < -0.3 is 15.0 Å². The molecule has 1 heterocycles. The van der Waals surface area contributed by atoms with Gasteiger partial charge in [0.1, 0.15) is 12.4 Å². The van der Waals surface area contributed by atoms with Gasteiger partial charge in [-0.1, -0.05) is 15.9 Å². The fourth-order valence-electron chi connectivity index (χ4n) is 2.25. The largest absolute Gasteiger partial charge is 0.492 e. The van der Waals surface area contributed by atoms with E-state index in [1.165, 1.54) is 6.42 Å². The summed E-state index contributed by atoms with van der Waals surface area (Å²) in [5.74, 6) is 1.01. The van der Waals surface area contributed by atoms with Crippen LogP contribution < -0.4 is 10.1 Å². The SMILES string of the molecule is CN(CCOc1ccc(Br)cc1)C(=O)CC1CCCN1.Cl. The molecule has 0 spiro atoms. The number of ether oxygens (including phenoxy) is 1. The van der Waals surface area contributed by atoms with Gasteiger partial charge in [0.25, 0.3) is 0 Å². The minimum Gasteiger partial charge on any atom is -0.492 e. The minimum atomic E-state index is 0. The average Bonchev–Trinajstić information content (AvgIpc) is 2.93. The molecule has 0 aromatic heterocycles. The van der Waals surface area contributed by atoms with Crippen LogP contribution in [0.5, 0.6) is 5.75 Å². The Labute approximate surface area is 140 Å². The third-order valence-electron chi connectivity index (χ3n) is 3.52. The van der Waals surface area contributed by atoms with Crippen molar-refractivity contribution in [2.75, 3.05) is 26.7 Å². The monoisotopic (exact) mass is 376 g/mol. The van der Waals surface area contributed by atoms with Crippen molar-refractivity contribution in [3.05, 3.63) is 28.7 Å². The lowest BCUT2D eigenvalue weighted by molar-refractivity contribution is -0.130. The van der Waals surface area contributed by atoms with Gasteiger partial charge in [0.05, 0.1) is 6.54 Å². The molecular weight excluding hydrogens is 356 g/mol. The molecular formula is C15H22BrClN2O2. The van der Waals surface area contributed by atoms with E-state index in [0.29, 0.717) is 25.6 Å². The van der Waals surface area contributed by atoms with Crippen LogP contribution in [0, 0.1) is 0 Å². The van der Waals surface area contributed by atoms with E-state index in [1.54, 1.807) is 4.90 Å². The van der Waals surface area contributed by atoms with E-state index in [9.17, 15) is 4.79 Å². The number of rotatable bonds is 6. The first-order valence-electron chi connectivity index (χ1n) is 7.01. The molecule has 1 saturated heterocycles. The topological polar surface area (TPSA) is 41.6 Å². The Bertz CT molecular complexity index is 436. The van der Waals surface area contributed by atoms with E-state index in [-0.39, 0.29) is 18.3 Å². The first-order valence-corrected chi connectivity index (χ1v) is 7.80. The minimum absolute atomic E-state index is 0. The second-order valence-corrected chi connectivity index (χ2v) is 6.03. The highest BCUT2D eigenvalue weighted by molar-refractivity contribution is 9.10. The molecule has 6 heteroatoms. The molecule has 1 aromatic carbocycles. The quantitative estimate of drug-likeness (QED) is 0.829. The summed E-state index contributed by atoms with van der Waals surface area (Å²) in [4.78, 5) is 13.8. The fraction of sp³-hybridized carbons (Fsp3) is 0.533. The number of carbonyl (C=O) groups excluding carboxylic acids is 1. The van der Waals surface area contributed by atoms with E-state index in [1.807, 2.05) is 31.3 Å². The molecule has 0 bridgehead atoms. The Balaban J connectivity index is 0.00000220. The maximum Gasteiger partial charge on any atom is 0.223 e. The summed E-state index contributed by atoms with van der Waals surface area (Å²) in [6.45, 7) is 2.16. The maximum atomic E-state index is 12.0. The standard InChI is InChI=1S/C15H21BrN2O2.ClH/c1-18(15(19)11-13-3-2-8-17-13)9-10-20-14-6-4-12(16)5-7-14;/h4-7,13,17H,2-3,8-11H2,1H3;1H. The number of halogens is 2. The average molecular weight is 378 g/mol. The molecule has 2 rings (SSSR count). The van der Waals surface area contributed by atoms with Gasteiger partial charge >= 0.3 is 0 Å². The number of likely N-dealkylation sites (N-methyl/N-ethyl adjacent to an activating group) is 1. The van der Waals surface area contributed by atoms with Gasteiger partial charge in [0, 0.05) is 24.0 Å². The van der Waals surface area contributed by atoms with Crippen LogP contribution in [0.2, 0.25) is 0 Å². The molecule has 0 aliphatic carbocycles. The lowest BCUT2D eigenvalue weighted by Gasteiger charge is -2.19. The summed E-state index contributed by atoms with van der Waals surface area (Å²) < 4.78 is 6.65. The van der Waals surface area contributed by atoms with Crippen LogP contribution in [0.4, 0.5) is 0 Å². The molecule has 4 nitrogen and oxygen atoms in total. The van der Waals surface area contributed by atoms with Gasteiger partial charge in [0.2, 0.25) is 5.91 Å². The number of benzene rings is 1. The number of nitrogens with one attached hydrogen (secondary N) is 1. The van der Waals surface area contributed by atoms with Crippen LogP contribution in [0.25, 0.3) is 0 Å². The van der Waals surface area contributed by atoms with Gasteiger partial charge in [-0.3, -0.25) is 4.79 Å². The van der Waals surface area contributed by atoms with Crippen LogP contribution in [-0.4, -0.2) is 43.6 Å². The van der Waals surface area contributed by atoms with Crippen molar-refractivity contribution >= 4 is 34.2 Å². The Morgan fingerprint density at radius 1 is 1.43 bits per heavy atom. The summed E-state index contributed by atoms with van der Waals surface area (Å²) in [6.07, 6.45) is 2.87. The van der Waals surface area contributed by atoms with E-state index in [4.69, 9.17) is 4.74 Å². The summed E-state index contributed by atoms with van der Waals surface area (Å²) in [5.41, 5.74) is 0. The molecule has 1 unspecified atom stereocenters. The van der Waals surface area contributed by atoms with Gasteiger partial charge in [-0.2, -0.15) is 0 Å². The Kier molecular flexibility index (Phi) is 8.07. The van der Waals surface area contributed by atoms with Crippen molar-refractivity contribution < 1.29 is 9.53 Å². The molecule has 1 aliphatic heterocycles. The van der Waals surface area contributed by atoms with Gasteiger partial charge in [-0.05, 0) is 43.7 Å². The van der Waals surface area contributed by atoms with Crippen LogP contribution in [-0.2, 0) is 4.79 Å². The Morgan fingerprint density at radius 3 is 2.76 bits per heavy atom. The lowest BCUT2D eigenvalue weighted by Crippen LogP contribution is -2.35. The van der Waals surface area contributed by atoms with Crippen LogP contribution in [0.3, 0.4) is 0 Å². The van der Waals surface area contributed by atoms with Crippen molar-refractivity contribution in [3.8, 4) is 5.75 Å². The number of amides is 1. The third-order valence-corrected chi connectivity index (χ3v) is 4.05. The van der Waals surface area contributed by atoms with Gasteiger partial charge in [-0.15, -0.1) is 12.4 Å². The molecule has 1 atom stereocenters. The summed E-state index contributed by atoms with van der Waals surface area (Å²) in [5, 5.41) is 3.35. The van der Waals surface area contributed by atoms with Crippen molar-refractivity contribution in [3.63, 3.8) is 0 Å². The summed E-state index contributed by atoms with van der Waals surface area (Å²) >= 11 is 3.38. The summed E-state index contributed by atoms with van der Waals surface area (Å²) in [6, 6.07) is 8.06. The van der Waals surface area contributed by atoms with Crippen LogP contribution >= 0.6 is 28.3 Å². The highest BCUT2D eigenvalue weighted by Gasteiger charge is 2.19. The first kappa shape index (κ1) is 18.3. The van der Waals surface area contributed by atoms with Crippen molar-refractivity contribution in [2.45, 2.75) is 25.3 Å². The van der Waals surface area contributed by atoms with E-state index < -0.39 is 0 Å². The molecule has 1 aliphatic rings. The van der Waals surface area contributed by atoms with Gasteiger partial charge in [0.15, 0.2) is 0 Å². The van der Waals surface area contributed by atoms with Crippen LogP contribution in [0.15, 0.2) is 28.7 Å². The van der Waals surface area contributed by atoms with Crippen molar-refractivity contribution in [1.29, 1.82) is 0 Å². The normalized spacial score (nSPS) is 17.1. The molecule has 21 heavy (non-hydrogen) atoms. The smallest absolute Gasteiger partial charge is 0.223 e. The highest BCUT2D eigenvalue weighted by Crippen LogP contribution is 2.16. The van der Waals surface area contributed by atoms with E-state index >= 15 is 0 Å². The predicted molar refractivity (Wildman–Crippen MR) is 90.2 cm³/mol. The number of nitrogens with zero attached hydrogens (tertiary/aromatic N) is 1. The predicted octanol–water partition coefficient (Wildman–Crippen LogP) is 2.85. The van der Waals surface area contributed by atoms with Crippen molar-refractivity contribution in [1.82, 2.24) is 10.2 Å². The fourth-order valence-corrected chi connectivity index (χ4v) is 2.52. The van der Waals surface area contributed by atoms with E-state index in [0.717, 1.165) is 23.2 Å². The molecule has 118 valence electrons. The zero-order valence-electron chi connectivity index (χ0n) is 12.2. The second kappa shape index (κ2) is 9.28. The van der Waals surface area contributed by atoms with Gasteiger partial charge in [-0.25, -0.2) is 0 Å². The molecule has 1 amide bonds. The summed E-state index contributed by atoms with van der Waals surface area (Å²) in [7, 11) is 1.84. The lowest BCUT2D eigenvalue weighted by atomic mass is 10.1. The zero-order chi connectivity index (χ0) is 14.4. The number of hydrogen-bond acceptors (Lipinski definition) is 3. The second-order valence-electron chi connectivity index (χ2n) is 5.12. The first-order chi connectivity index (χ1) is 9.65. The molecule has 0 saturated carbocycles. The zero-order valence-corrected chi connectivity index (χ0v) is 14.6. The molecule has 1 aromatic rings. The Morgan fingerprint density at radius 2 is 2.14 bits per heavy atom. The van der Waals surface area contributed by atoms with Crippen molar-refractivity contribution in [2.24, 2.45) is 0 Å². The number of carbonyl (C=O) groups is 1. The highest BCUT2D eigenvalue weighted by atomic mass is 79.9. The molecule has 0 radical (unpaired) electrons. The van der Waals surface area contributed by atoms with E-state index in [2.05, 4.69) is 21.2 Å². The number of hydrogen-bond donors (Lipinski definition) is 1. The molecule has 1 fully saturated rings.